The van der Waals surface area contributed by atoms with Crippen molar-refractivity contribution in [3.63, 3.8) is 0 Å². The summed E-state index contributed by atoms with van der Waals surface area (Å²) < 4.78 is 17.1. The Morgan fingerprint density at radius 2 is 1.94 bits per heavy atom. The number of carbonyl (C=O) groups excluding carboxylic acids is 1. The lowest BCUT2D eigenvalue weighted by molar-refractivity contribution is 0.0928. The Bertz CT molecular complexity index is 1350. The Labute approximate surface area is 200 Å². The first-order valence-corrected chi connectivity index (χ1v) is 12.5. The van der Waals surface area contributed by atoms with E-state index in [2.05, 4.69) is 30.6 Å². The maximum atomic E-state index is 12.0. The summed E-state index contributed by atoms with van der Waals surface area (Å²) in [5.41, 5.74) is 2.75. The number of rotatable bonds is 7. The molecule has 10 nitrogen and oxygen atoms in total. The lowest BCUT2D eigenvalue weighted by Gasteiger charge is -2.21. The molecule has 12 heteroatoms. The molecule has 4 aromatic rings. The maximum Gasteiger partial charge on any atom is 0.321 e. The third-order valence-corrected chi connectivity index (χ3v) is 6.56. The monoisotopic (exact) mass is 498 g/mol. The summed E-state index contributed by atoms with van der Waals surface area (Å²) in [6.07, 6.45) is 4.98. The zero-order valence-electron chi connectivity index (χ0n) is 18.7. The Morgan fingerprint density at radius 3 is 2.59 bits per heavy atom. The molecule has 3 heterocycles. The van der Waals surface area contributed by atoms with Crippen LogP contribution in [0.5, 0.6) is 0 Å². The van der Waals surface area contributed by atoms with Gasteiger partial charge in [0.1, 0.15) is 5.60 Å². The minimum absolute atomic E-state index is 0.289. The molecule has 0 aliphatic heterocycles. The number of benzene rings is 1. The highest BCUT2D eigenvalue weighted by molar-refractivity contribution is 7.32. The molecule has 0 bridgehead atoms. The molecule has 1 atom stereocenters. The summed E-state index contributed by atoms with van der Waals surface area (Å²) in [5, 5.41) is 5.93. The first-order chi connectivity index (χ1) is 16.3. The molecule has 176 valence electrons. The molecule has 3 aromatic heterocycles. The van der Waals surface area contributed by atoms with Gasteiger partial charge in [-0.15, -0.1) is 0 Å². The molecule has 0 radical (unpaired) electrons. The SMILES string of the molecule is CCNC(=O)Nc1nc2cc(-c3cnc(C(C)(C)O[PH](=O)O)nc3)cc(-c3ccccn3)c2s1. The van der Waals surface area contributed by atoms with E-state index in [-0.39, 0.29) is 11.9 Å². The molecule has 0 aliphatic carbocycles. The number of hydrogen-bond donors (Lipinski definition) is 3. The Balaban J connectivity index is 1.77. The average molecular weight is 499 g/mol. The number of fused-ring (bicyclic) bond motifs is 1. The van der Waals surface area contributed by atoms with Crippen LogP contribution in [0.2, 0.25) is 0 Å². The van der Waals surface area contributed by atoms with Crippen molar-refractivity contribution in [3.05, 3.63) is 54.7 Å². The molecule has 2 amide bonds. The third-order valence-electron chi connectivity index (χ3n) is 4.85. The molecule has 3 N–H and O–H groups in total. The summed E-state index contributed by atoms with van der Waals surface area (Å²) >= 11 is 1.37. The van der Waals surface area contributed by atoms with Crippen molar-refractivity contribution in [2.45, 2.75) is 26.4 Å². The van der Waals surface area contributed by atoms with Crippen LogP contribution in [0.3, 0.4) is 0 Å². The summed E-state index contributed by atoms with van der Waals surface area (Å²) in [6.45, 7) is 5.61. The number of urea groups is 1. The molecule has 1 unspecified atom stereocenters. The van der Waals surface area contributed by atoms with E-state index in [0.717, 1.165) is 27.1 Å². The van der Waals surface area contributed by atoms with Gasteiger partial charge in [0.2, 0.25) is 0 Å². The van der Waals surface area contributed by atoms with Crippen molar-refractivity contribution in [2.75, 3.05) is 11.9 Å². The molecule has 0 saturated carbocycles. The number of anilines is 1. The number of nitrogens with zero attached hydrogens (tertiary/aromatic N) is 4. The fourth-order valence-electron chi connectivity index (χ4n) is 3.32. The van der Waals surface area contributed by atoms with E-state index >= 15 is 0 Å². The molecule has 0 spiro atoms. The van der Waals surface area contributed by atoms with Gasteiger partial charge in [-0.1, -0.05) is 17.4 Å². The van der Waals surface area contributed by atoms with Crippen LogP contribution in [-0.4, -0.2) is 37.4 Å². The maximum absolute atomic E-state index is 12.0. The van der Waals surface area contributed by atoms with Crippen LogP contribution in [-0.2, 0) is 14.7 Å². The van der Waals surface area contributed by atoms with Crippen LogP contribution in [0.4, 0.5) is 9.93 Å². The summed E-state index contributed by atoms with van der Waals surface area (Å²) in [4.78, 5) is 38.9. The predicted molar refractivity (Wildman–Crippen MR) is 132 cm³/mol. The standard InChI is InChI=1S/C22H23N6O4PS/c1-4-23-20(29)28-21-27-17-10-13(9-15(18(17)34-21)16-7-5-6-8-24-16)14-11-25-19(26-12-14)22(2,3)32-33(30)31/h5-12,33H,4H2,1-3H3,(H,30,31)(H2,23,27,28,29). The topological polar surface area (TPSA) is 139 Å². The largest absolute Gasteiger partial charge is 0.338 e. The highest BCUT2D eigenvalue weighted by Crippen LogP contribution is 2.38. The second kappa shape index (κ2) is 9.94. The highest BCUT2D eigenvalue weighted by Gasteiger charge is 2.27. The Hall–Kier alpha value is -3.24. The molecule has 4 rings (SSSR count). The molecule has 0 fully saturated rings. The van der Waals surface area contributed by atoms with E-state index in [1.54, 1.807) is 32.4 Å². The number of amides is 2. The van der Waals surface area contributed by atoms with Crippen LogP contribution in [0, 0.1) is 0 Å². The van der Waals surface area contributed by atoms with Gasteiger partial charge in [0, 0.05) is 36.3 Å². The number of hydrogen-bond acceptors (Lipinski definition) is 8. The first-order valence-electron chi connectivity index (χ1n) is 10.4. The fraction of sp³-hybridized carbons (Fsp3) is 0.227. The van der Waals surface area contributed by atoms with E-state index < -0.39 is 13.9 Å². The van der Waals surface area contributed by atoms with Gasteiger partial charge in [0.05, 0.1) is 15.9 Å². The zero-order valence-corrected chi connectivity index (χ0v) is 20.5. The lowest BCUT2D eigenvalue weighted by Crippen LogP contribution is -2.28. The highest BCUT2D eigenvalue weighted by atomic mass is 32.1. The second-order valence-corrected chi connectivity index (χ2v) is 9.50. The number of nitrogens with one attached hydrogen (secondary N) is 2. The van der Waals surface area contributed by atoms with Crippen molar-refractivity contribution in [2.24, 2.45) is 0 Å². The molecule has 1 aromatic carbocycles. The fourth-order valence-corrected chi connectivity index (χ4v) is 4.81. The minimum atomic E-state index is -3.15. The predicted octanol–water partition coefficient (Wildman–Crippen LogP) is 4.59. The minimum Gasteiger partial charge on any atom is -0.338 e. The van der Waals surface area contributed by atoms with Crippen molar-refractivity contribution < 1.29 is 18.8 Å². The smallest absolute Gasteiger partial charge is 0.321 e. The zero-order chi connectivity index (χ0) is 24.3. The van der Waals surface area contributed by atoms with Crippen molar-refractivity contribution in [1.29, 1.82) is 0 Å². The van der Waals surface area contributed by atoms with Crippen LogP contribution >= 0.6 is 19.6 Å². The van der Waals surface area contributed by atoms with Gasteiger partial charge in [-0.2, -0.15) is 0 Å². The third kappa shape index (κ3) is 5.28. The number of carbonyl (C=O) groups is 1. The van der Waals surface area contributed by atoms with Gasteiger partial charge in [-0.3, -0.25) is 19.4 Å². The van der Waals surface area contributed by atoms with Crippen LogP contribution in [0.1, 0.15) is 26.6 Å². The van der Waals surface area contributed by atoms with E-state index in [1.807, 2.05) is 37.3 Å². The van der Waals surface area contributed by atoms with Gasteiger partial charge in [-0.05, 0) is 50.6 Å². The second-order valence-electron chi connectivity index (χ2n) is 7.76. The Morgan fingerprint density at radius 1 is 1.18 bits per heavy atom. The van der Waals surface area contributed by atoms with Crippen molar-refractivity contribution in [3.8, 4) is 22.4 Å². The van der Waals surface area contributed by atoms with Crippen LogP contribution in [0.15, 0.2) is 48.9 Å². The summed E-state index contributed by atoms with van der Waals surface area (Å²) in [6, 6.07) is 9.21. The molecular formula is C22H23N6O4PS. The molecule has 34 heavy (non-hydrogen) atoms. The lowest BCUT2D eigenvalue weighted by atomic mass is 10.0. The van der Waals surface area contributed by atoms with Crippen molar-refractivity contribution in [1.82, 2.24) is 25.3 Å². The average Bonchev–Trinajstić information content (AvgIpc) is 3.20. The first kappa shape index (κ1) is 23.9. The summed E-state index contributed by atoms with van der Waals surface area (Å²) in [5.74, 6) is 0.289. The molecule has 0 aliphatic rings. The van der Waals surface area contributed by atoms with E-state index in [9.17, 15) is 9.36 Å². The van der Waals surface area contributed by atoms with Crippen LogP contribution < -0.4 is 10.6 Å². The van der Waals surface area contributed by atoms with Gasteiger partial charge in [-0.25, -0.2) is 19.7 Å². The summed E-state index contributed by atoms with van der Waals surface area (Å²) in [7, 11) is -3.15. The van der Waals surface area contributed by atoms with Gasteiger partial charge in [0.25, 0.3) is 0 Å². The van der Waals surface area contributed by atoms with E-state index in [1.165, 1.54) is 11.3 Å². The van der Waals surface area contributed by atoms with Gasteiger partial charge >= 0.3 is 14.3 Å². The Kier molecular flexibility index (Phi) is 6.99. The number of thiazole rings is 1. The van der Waals surface area contributed by atoms with Crippen LogP contribution in [0.25, 0.3) is 32.6 Å². The van der Waals surface area contributed by atoms with Crippen molar-refractivity contribution >= 4 is 41.0 Å². The van der Waals surface area contributed by atoms with E-state index in [0.29, 0.717) is 17.2 Å². The number of pyridine rings is 1. The molecular weight excluding hydrogens is 475 g/mol. The quantitative estimate of drug-likeness (QED) is 0.315. The van der Waals surface area contributed by atoms with Gasteiger partial charge in [0.15, 0.2) is 11.0 Å². The molecule has 0 saturated heterocycles. The van der Waals surface area contributed by atoms with E-state index in [4.69, 9.17) is 9.42 Å². The number of aromatic nitrogens is 4. The van der Waals surface area contributed by atoms with Gasteiger partial charge < -0.3 is 10.2 Å². The normalized spacial score (nSPS) is 12.5.